The summed E-state index contributed by atoms with van der Waals surface area (Å²) in [5, 5.41) is 88.1. The van der Waals surface area contributed by atoms with Crippen LogP contribution < -0.4 is 0 Å². The van der Waals surface area contributed by atoms with Crippen LogP contribution >= 0.6 is 0 Å². The molecule has 14 nitrogen and oxygen atoms in total. The van der Waals surface area contributed by atoms with E-state index >= 15 is 0 Å². The molecule has 0 bridgehead atoms. The van der Waals surface area contributed by atoms with Crippen molar-refractivity contribution in [3.63, 3.8) is 0 Å². The van der Waals surface area contributed by atoms with E-state index in [0.717, 1.165) is 25.7 Å². The Hall–Kier alpha value is -0.850. The third-order valence-electron chi connectivity index (χ3n) is 17.6. The molecular formula is C44H76O14. The summed E-state index contributed by atoms with van der Waals surface area (Å²) in [4.78, 5) is 13.9. The average molecular weight is 829 g/mol. The van der Waals surface area contributed by atoms with E-state index in [-0.39, 0.29) is 48.4 Å². The summed E-state index contributed by atoms with van der Waals surface area (Å²) in [7, 11) is 0. The maximum Gasteiger partial charge on any atom is 0.187 e. The third kappa shape index (κ3) is 6.99. The maximum atomic E-state index is 13.9. The van der Waals surface area contributed by atoms with Gasteiger partial charge in [-0.25, -0.2) is 0 Å². The van der Waals surface area contributed by atoms with Gasteiger partial charge in [0.1, 0.15) is 36.3 Å². The highest BCUT2D eigenvalue weighted by Gasteiger charge is 2.74. The third-order valence-corrected chi connectivity index (χ3v) is 17.6. The molecule has 0 aromatic heterocycles. The number of ketones is 1. The zero-order valence-electron chi connectivity index (χ0n) is 35.4. The first-order valence-electron chi connectivity index (χ1n) is 21.6. The smallest absolute Gasteiger partial charge is 0.187 e. The van der Waals surface area contributed by atoms with Crippen LogP contribution in [0.25, 0.3) is 0 Å². The molecule has 14 heteroatoms. The zero-order chi connectivity index (χ0) is 42.0. The zero-order valence-corrected chi connectivity index (χ0v) is 35.4. The standard InChI is InChI=1S/C43H72O14.CH4/c1-20-24(18-44)54-36(33(51)30(20)48)56-34-32(50)31(49)25(19-45)55-37(34)53-23-17-42(8)26(40(6)13-11-27(47)38(2,3)35(23)40)16-22(46)29-21(10-14-41(29,42)7)43(9)15-12-28(57-43)39(4,5)52;/h20-26,28-37,44-46,48-52H,10-19H2,1-9H3;1H4/t20-,21?,22+,23-,24?,25?,26?,28+,29?,30?,31-,32?,33+,34+,35?,36+,37-,40+,41+,42+,43-;/m0./s1. The molecule has 8 N–H and O–H groups in total. The number of hydrogen-bond donors (Lipinski definition) is 8. The van der Waals surface area contributed by atoms with Gasteiger partial charge in [0.2, 0.25) is 0 Å². The molecule has 336 valence electrons. The molecule has 3 heterocycles. The molecule has 7 fully saturated rings. The molecule has 0 aromatic rings. The first-order valence-corrected chi connectivity index (χ1v) is 21.6. The Balaban J connectivity index is 0.00000567. The van der Waals surface area contributed by atoms with Gasteiger partial charge in [-0.1, -0.05) is 49.0 Å². The van der Waals surface area contributed by atoms with Crippen molar-refractivity contribution >= 4 is 5.78 Å². The minimum atomic E-state index is -1.68. The number of aliphatic hydroxyl groups excluding tert-OH is 7. The Labute approximate surface area is 344 Å². The lowest BCUT2D eigenvalue weighted by Crippen LogP contribution is -2.70. The van der Waals surface area contributed by atoms with Crippen molar-refractivity contribution in [1.82, 2.24) is 0 Å². The van der Waals surface area contributed by atoms with Crippen LogP contribution in [-0.2, 0) is 28.5 Å². The molecule has 3 saturated heterocycles. The summed E-state index contributed by atoms with van der Waals surface area (Å²) in [5.41, 5.74) is -3.69. The van der Waals surface area contributed by atoms with Crippen LogP contribution in [0, 0.1) is 51.2 Å². The van der Waals surface area contributed by atoms with Crippen molar-refractivity contribution in [1.29, 1.82) is 0 Å². The minimum Gasteiger partial charge on any atom is -0.394 e. The van der Waals surface area contributed by atoms with E-state index in [1.165, 1.54) is 0 Å². The van der Waals surface area contributed by atoms with Crippen LogP contribution in [-0.4, -0.2) is 145 Å². The second kappa shape index (κ2) is 15.7. The Morgan fingerprint density at radius 3 is 2.03 bits per heavy atom. The van der Waals surface area contributed by atoms with Gasteiger partial charge < -0.3 is 64.5 Å². The Kier molecular flexibility index (Phi) is 12.7. The van der Waals surface area contributed by atoms with Crippen molar-refractivity contribution in [2.75, 3.05) is 13.2 Å². The summed E-state index contributed by atoms with van der Waals surface area (Å²) in [6.45, 7) is 17.0. The van der Waals surface area contributed by atoms with Gasteiger partial charge in [0, 0.05) is 23.7 Å². The van der Waals surface area contributed by atoms with Gasteiger partial charge in [-0.3, -0.25) is 4.79 Å². The molecule has 58 heavy (non-hydrogen) atoms. The number of rotatable bonds is 8. The molecule has 4 aliphatic carbocycles. The number of aliphatic hydroxyl groups is 8. The maximum absolute atomic E-state index is 13.9. The van der Waals surface area contributed by atoms with Crippen LogP contribution in [0.3, 0.4) is 0 Å². The lowest BCUT2D eigenvalue weighted by atomic mass is 9.34. The fourth-order valence-electron chi connectivity index (χ4n) is 14.2. The van der Waals surface area contributed by atoms with E-state index in [2.05, 4.69) is 27.7 Å². The highest BCUT2D eigenvalue weighted by Crippen LogP contribution is 2.76. The predicted octanol–water partition coefficient (Wildman–Crippen LogP) is 2.45. The summed E-state index contributed by atoms with van der Waals surface area (Å²) >= 11 is 0. The highest BCUT2D eigenvalue weighted by atomic mass is 16.8. The van der Waals surface area contributed by atoms with Gasteiger partial charge >= 0.3 is 0 Å². The van der Waals surface area contributed by atoms with Crippen molar-refractivity contribution < 1.29 is 69.3 Å². The molecular weight excluding hydrogens is 752 g/mol. The highest BCUT2D eigenvalue weighted by molar-refractivity contribution is 5.85. The van der Waals surface area contributed by atoms with Crippen LogP contribution in [0.4, 0.5) is 0 Å². The van der Waals surface area contributed by atoms with Crippen molar-refractivity contribution in [2.45, 2.75) is 206 Å². The van der Waals surface area contributed by atoms with Gasteiger partial charge in [-0.15, -0.1) is 0 Å². The van der Waals surface area contributed by atoms with Crippen molar-refractivity contribution in [3.8, 4) is 0 Å². The molecule has 21 atom stereocenters. The van der Waals surface area contributed by atoms with E-state index in [4.69, 9.17) is 23.7 Å². The van der Waals surface area contributed by atoms with E-state index in [1.807, 2.05) is 13.8 Å². The Bertz CT molecular complexity index is 1490. The molecule has 0 radical (unpaired) electrons. The van der Waals surface area contributed by atoms with Crippen LogP contribution in [0.2, 0.25) is 0 Å². The molecule has 3 aliphatic heterocycles. The number of ether oxygens (including phenoxy) is 5. The normalized spacial score (nSPS) is 54.3. The van der Waals surface area contributed by atoms with E-state index in [9.17, 15) is 45.6 Å². The molecule has 4 saturated carbocycles. The fourth-order valence-corrected chi connectivity index (χ4v) is 14.2. The molecule has 0 aromatic carbocycles. The summed E-state index contributed by atoms with van der Waals surface area (Å²) in [6, 6.07) is 0. The SMILES string of the molecule is C.C[C@H]1C(CO)O[C@H](O[C@@H]2C(O)[C@@H](O)C(CO)O[C@@H]2O[C@H]2C[C@]3(C)C(C[C@@H](O)C4C([C@]5(C)CC[C@H](C(C)(C)O)O5)CC[C@]43C)[C@@]3(C)CCC(=O)C(C)(C)C23)[C@H](O)C1O. The van der Waals surface area contributed by atoms with E-state index in [0.29, 0.717) is 25.7 Å². The topological polar surface area (TPSA) is 225 Å². The Morgan fingerprint density at radius 2 is 1.43 bits per heavy atom. The predicted molar refractivity (Wildman–Crippen MR) is 211 cm³/mol. The van der Waals surface area contributed by atoms with Gasteiger partial charge in [-0.05, 0) is 99.7 Å². The van der Waals surface area contributed by atoms with Crippen molar-refractivity contribution in [3.05, 3.63) is 0 Å². The fraction of sp³-hybridized carbons (Fsp3) is 0.977. The molecule has 7 aliphatic rings. The van der Waals surface area contributed by atoms with Gasteiger partial charge in [0.25, 0.3) is 0 Å². The molecule has 0 spiro atoms. The Morgan fingerprint density at radius 1 is 0.793 bits per heavy atom. The van der Waals surface area contributed by atoms with Gasteiger partial charge in [0.05, 0.1) is 54.9 Å². The van der Waals surface area contributed by atoms with Crippen LogP contribution in [0.5, 0.6) is 0 Å². The first kappa shape index (κ1) is 46.6. The average Bonchev–Trinajstić information content (AvgIpc) is 3.73. The monoisotopic (exact) mass is 829 g/mol. The lowest BCUT2D eigenvalue weighted by molar-refractivity contribution is -0.379. The molecule has 8 unspecified atom stereocenters. The second-order valence-corrected chi connectivity index (χ2v) is 21.4. The number of hydrogen-bond acceptors (Lipinski definition) is 14. The first-order chi connectivity index (χ1) is 26.4. The summed E-state index contributed by atoms with van der Waals surface area (Å²) in [6.07, 6.45) is -9.12. The van der Waals surface area contributed by atoms with Gasteiger partial charge in [-0.2, -0.15) is 0 Å². The quantitative estimate of drug-likeness (QED) is 0.165. The van der Waals surface area contributed by atoms with E-state index < -0.39 is 114 Å². The number of fused-ring (bicyclic) bond motifs is 5. The lowest BCUT2D eigenvalue weighted by Gasteiger charge is -2.71. The summed E-state index contributed by atoms with van der Waals surface area (Å²) in [5.74, 6) is -0.945. The molecule has 0 amide bonds. The second-order valence-electron chi connectivity index (χ2n) is 21.4. The number of Topliss-reactive ketones (excluding diaryl/α,β-unsaturated/α-hetero) is 1. The largest absolute Gasteiger partial charge is 0.394 e. The van der Waals surface area contributed by atoms with Gasteiger partial charge in [0.15, 0.2) is 12.6 Å². The summed E-state index contributed by atoms with van der Waals surface area (Å²) < 4.78 is 32.1. The number of carbonyl (C=O) groups excluding carboxylic acids is 1. The van der Waals surface area contributed by atoms with Crippen molar-refractivity contribution in [2.24, 2.45) is 51.2 Å². The van der Waals surface area contributed by atoms with E-state index in [1.54, 1.807) is 20.8 Å². The number of carbonyl (C=O) groups is 1. The minimum absolute atomic E-state index is 0. The van der Waals surface area contributed by atoms with Crippen LogP contribution in [0.15, 0.2) is 0 Å². The molecule has 7 rings (SSSR count). The van der Waals surface area contributed by atoms with Crippen LogP contribution in [0.1, 0.15) is 121 Å².